The second-order valence-electron chi connectivity index (χ2n) is 7.52. The van der Waals surface area contributed by atoms with Crippen molar-refractivity contribution in [1.29, 1.82) is 0 Å². The fourth-order valence-corrected chi connectivity index (χ4v) is 2.55. The number of rotatable bonds is 8. The van der Waals surface area contributed by atoms with Crippen LogP contribution in [0.5, 0.6) is 0 Å². The lowest BCUT2D eigenvalue weighted by Gasteiger charge is -2.27. The van der Waals surface area contributed by atoms with Gasteiger partial charge in [-0.1, -0.05) is 6.07 Å². The zero-order valence-corrected chi connectivity index (χ0v) is 16.7. The average Bonchev–Trinajstić information content (AvgIpc) is 2.57. The minimum atomic E-state index is -0.802. The van der Waals surface area contributed by atoms with Gasteiger partial charge in [0.25, 0.3) is 11.8 Å². The summed E-state index contributed by atoms with van der Waals surface area (Å²) in [5.74, 6) is -0.529. The van der Waals surface area contributed by atoms with Crippen molar-refractivity contribution in [3.05, 3.63) is 34.9 Å². The number of nitrogens with zero attached hydrogens (tertiary/aromatic N) is 2. The lowest BCUT2D eigenvalue weighted by atomic mass is 9.97. The third-order valence-corrected chi connectivity index (χ3v) is 4.24. The first-order valence-corrected chi connectivity index (χ1v) is 8.70. The molecule has 0 saturated carbocycles. The Morgan fingerprint density at radius 3 is 2.15 bits per heavy atom. The molecule has 7 nitrogen and oxygen atoms in total. The highest BCUT2D eigenvalue weighted by atomic mass is 16.3. The molecule has 2 amide bonds. The number of benzene rings is 1. The van der Waals surface area contributed by atoms with Crippen LogP contribution in [0, 0.1) is 0 Å². The van der Waals surface area contributed by atoms with E-state index in [0.717, 1.165) is 6.42 Å². The van der Waals surface area contributed by atoms with Crippen LogP contribution in [-0.2, 0) is 0 Å². The van der Waals surface area contributed by atoms with Crippen LogP contribution < -0.4 is 11.1 Å². The maximum Gasteiger partial charge on any atom is 0.254 e. The number of amides is 2. The van der Waals surface area contributed by atoms with Crippen molar-refractivity contribution in [2.24, 2.45) is 5.73 Å². The third-order valence-electron chi connectivity index (χ3n) is 4.24. The van der Waals surface area contributed by atoms with Crippen molar-refractivity contribution >= 4 is 11.8 Å². The monoisotopic (exact) mass is 364 g/mol. The molecule has 0 bridgehead atoms. The molecule has 0 radical (unpaired) electrons. The standard InChI is InChI=1S/C19H32N4O3/c1-19(2,9-10-20)21-12-16(24)13-7-8-14(17(25)22(3)4)15(11-13)18(26)23(5)6/h7-8,11,16,21,24H,9-10,12,20H2,1-6H3. The summed E-state index contributed by atoms with van der Waals surface area (Å²) in [6.07, 6.45) is -0.0235. The van der Waals surface area contributed by atoms with Crippen LogP contribution in [0.1, 0.15) is 52.7 Å². The summed E-state index contributed by atoms with van der Waals surface area (Å²) in [5.41, 5.74) is 6.60. The van der Waals surface area contributed by atoms with Gasteiger partial charge in [-0.25, -0.2) is 0 Å². The molecule has 146 valence electrons. The summed E-state index contributed by atoms with van der Waals surface area (Å²) in [6, 6.07) is 4.88. The summed E-state index contributed by atoms with van der Waals surface area (Å²) in [7, 11) is 6.54. The SMILES string of the molecule is CN(C)C(=O)c1ccc(C(O)CNC(C)(C)CCN)cc1C(=O)N(C)C. The molecular weight excluding hydrogens is 332 g/mol. The Hall–Kier alpha value is -1.96. The van der Waals surface area contributed by atoms with E-state index in [9.17, 15) is 14.7 Å². The third kappa shape index (κ3) is 5.79. The highest BCUT2D eigenvalue weighted by Crippen LogP contribution is 2.21. The van der Waals surface area contributed by atoms with E-state index in [-0.39, 0.29) is 22.9 Å². The molecule has 1 aromatic rings. The summed E-state index contributed by atoms with van der Waals surface area (Å²) in [5, 5.41) is 13.8. The van der Waals surface area contributed by atoms with Gasteiger partial charge in [-0.05, 0) is 44.5 Å². The molecule has 0 aliphatic carbocycles. The molecule has 0 aliphatic heterocycles. The first kappa shape index (κ1) is 22.1. The Labute approximate surface area is 156 Å². The second-order valence-corrected chi connectivity index (χ2v) is 7.52. The minimum absolute atomic E-state index is 0.196. The largest absolute Gasteiger partial charge is 0.387 e. The number of carbonyl (C=O) groups is 2. The van der Waals surface area contributed by atoms with Gasteiger partial charge in [0.15, 0.2) is 0 Å². The summed E-state index contributed by atoms with van der Waals surface area (Å²) < 4.78 is 0. The molecule has 1 atom stereocenters. The Bertz CT molecular complexity index is 642. The Kier molecular flexibility index (Phi) is 7.74. The number of nitrogens with two attached hydrogens (primary N) is 1. The highest BCUT2D eigenvalue weighted by molar-refractivity contribution is 6.07. The van der Waals surface area contributed by atoms with Gasteiger partial charge in [-0.2, -0.15) is 0 Å². The van der Waals surface area contributed by atoms with Gasteiger partial charge in [-0.3, -0.25) is 9.59 Å². The molecule has 0 aromatic heterocycles. The Morgan fingerprint density at radius 1 is 1.12 bits per heavy atom. The lowest BCUT2D eigenvalue weighted by Crippen LogP contribution is -2.43. The first-order valence-electron chi connectivity index (χ1n) is 8.70. The van der Waals surface area contributed by atoms with E-state index in [1.165, 1.54) is 9.80 Å². The lowest BCUT2D eigenvalue weighted by molar-refractivity contribution is 0.0789. The van der Waals surface area contributed by atoms with Gasteiger partial charge < -0.3 is 26.0 Å². The van der Waals surface area contributed by atoms with Gasteiger partial charge >= 0.3 is 0 Å². The summed E-state index contributed by atoms with van der Waals surface area (Å²) >= 11 is 0. The Morgan fingerprint density at radius 2 is 1.65 bits per heavy atom. The molecular formula is C19H32N4O3. The van der Waals surface area contributed by atoms with E-state index in [1.807, 2.05) is 13.8 Å². The topological polar surface area (TPSA) is 98.9 Å². The van der Waals surface area contributed by atoms with Crippen LogP contribution in [0.15, 0.2) is 18.2 Å². The molecule has 0 heterocycles. The van der Waals surface area contributed by atoms with E-state index < -0.39 is 6.10 Å². The average molecular weight is 364 g/mol. The fourth-order valence-electron chi connectivity index (χ4n) is 2.55. The van der Waals surface area contributed by atoms with Crippen molar-refractivity contribution in [2.75, 3.05) is 41.3 Å². The minimum Gasteiger partial charge on any atom is -0.387 e. The molecule has 26 heavy (non-hydrogen) atoms. The van der Waals surface area contributed by atoms with Crippen molar-refractivity contribution in [3.8, 4) is 0 Å². The van der Waals surface area contributed by atoms with Crippen molar-refractivity contribution in [3.63, 3.8) is 0 Å². The number of hydrogen-bond acceptors (Lipinski definition) is 5. The van der Waals surface area contributed by atoms with Crippen molar-refractivity contribution < 1.29 is 14.7 Å². The van der Waals surface area contributed by atoms with Crippen LogP contribution in [0.25, 0.3) is 0 Å². The molecule has 7 heteroatoms. The Balaban J connectivity index is 3.12. The van der Waals surface area contributed by atoms with E-state index in [2.05, 4.69) is 5.32 Å². The predicted molar refractivity (Wildman–Crippen MR) is 103 cm³/mol. The number of aliphatic hydroxyl groups is 1. The van der Waals surface area contributed by atoms with Gasteiger partial charge in [0, 0.05) is 40.3 Å². The fraction of sp³-hybridized carbons (Fsp3) is 0.579. The normalized spacial score (nSPS) is 12.6. The van der Waals surface area contributed by atoms with Gasteiger partial charge in [0.1, 0.15) is 0 Å². The zero-order valence-electron chi connectivity index (χ0n) is 16.7. The smallest absolute Gasteiger partial charge is 0.254 e. The van der Waals surface area contributed by atoms with Crippen LogP contribution in [0.3, 0.4) is 0 Å². The van der Waals surface area contributed by atoms with Gasteiger partial charge in [-0.15, -0.1) is 0 Å². The number of carbonyl (C=O) groups excluding carboxylic acids is 2. The number of nitrogens with one attached hydrogen (secondary N) is 1. The molecule has 0 saturated heterocycles. The second kappa shape index (κ2) is 9.12. The van der Waals surface area contributed by atoms with Gasteiger partial charge in [0.05, 0.1) is 17.2 Å². The summed E-state index contributed by atoms with van der Waals surface area (Å²) in [4.78, 5) is 27.7. The van der Waals surface area contributed by atoms with Gasteiger partial charge in [0.2, 0.25) is 0 Å². The molecule has 4 N–H and O–H groups in total. The number of hydrogen-bond donors (Lipinski definition) is 3. The van der Waals surface area contributed by atoms with Crippen LogP contribution in [-0.4, -0.2) is 73.5 Å². The maximum absolute atomic E-state index is 12.5. The van der Waals surface area contributed by atoms with Crippen LogP contribution >= 0.6 is 0 Å². The van der Waals surface area contributed by atoms with Crippen molar-refractivity contribution in [2.45, 2.75) is 31.9 Å². The van der Waals surface area contributed by atoms with Crippen LogP contribution in [0.4, 0.5) is 0 Å². The summed E-state index contributed by atoms with van der Waals surface area (Å²) in [6.45, 7) is 4.92. The predicted octanol–water partition coefficient (Wildman–Crippen LogP) is 0.841. The molecule has 1 unspecified atom stereocenters. The van der Waals surface area contributed by atoms with Crippen molar-refractivity contribution in [1.82, 2.24) is 15.1 Å². The molecule has 1 aromatic carbocycles. The van der Waals surface area contributed by atoms with E-state index in [0.29, 0.717) is 24.2 Å². The van der Waals surface area contributed by atoms with E-state index in [1.54, 1.807) is 46.4 Å². The first-order chi connectivity index (χ1) is 12.0. The molecule has 0 spiro atoms. The zero-order chi connectivity index (χ0) is 20.1. The molecule has 0 aliphatic rings. The maximum atomic E-state index is 12.5. The number of β-amino-alcohol motifs (C(OH)–C–C–N with tert-alkyl or cyclic N) is 1. The quantitative estimate of drug-likeness (QED) is 0.635. The number of aliphatic hydroxyl groups excluding tert-OH is 1. The molecule has 0 fully saturated rings. The highest BCUT2D eigenvalue weighted by Gasteiger charge is 2.23. The van der Waals surface area contributed by atoms with E-state index in [4.69, 9.17) is 5.73 Å². The van der Waals surface area contributed by atoms with Crippen LogP contribution in [0.2, 0.25) is 0 Å². The molecule has 1 rings (SSSR count). The van der Waals surface area contributed by atoms with E-state index >= 15 is 0 Å².